The molecule has 0 aliphatic heterocycles. The largest absolute Gasteiger partial charge is 0.286 e. The van der Waals surface area contributed by atoms with Crippen molar-refractivity contribution in [2.45, 2.75) is 0 Å². The monoisotopic (exact) mass is 344 g/mol. The minimum Gasteiger partial charge on any atom is -0.286 e. The molecule has 7 heteroatoms. The van der Waals surface area contributed by atoms with E-state index in [0.29, 0.717) is 22.3 Å². The van der Waals surface area contributed by atoms with Crippen LogP contribution in [0.3, 0.4) is 0 Å². The lowest BCUT2D eigenvalue weighted by molar-refractivity contribution is 0.103. The van der Waals surface area contributed by atoms with E-state index in [0.717, 1.165) is 11.5 Å². The van der Waals surface area contributed by atoms with E-state index in [9.17, 15) is 9.59 Å². The van der Waals surface area contributed by atoms with Gasteiger partial charge in [0, 0.05) is 11.1 Å². The van der Waals surface area contributed by atoms with Crippen LogP contribution in [0.2, 0.25) is 0 Å². The van der Waals surface area contributed by atoms with Crippen molar-refractivity contribution in [2.75, 3.05) is 0 Å². The highest BCUT2D eigenvalue weighted by atomic mass is 32.1. The summed E-state index contributed by atoms with van der Waals surface area (Å²) in [6.07, 6.45) is 0. The second-order valence-electron chi connectivity index (χ2n) is 4.96. The van der Waals surface area contributed by atoms with E-state index < -0.39 is 5.78 Å². The lowest BCUT2D eigenvalue weighted by atomic mass is 10.1. The van der Waals surface area contributed by atoms with Crippen molar-refractivity contribution < 1.29 is 9.59 Å². The second kappa shape index (κ2) is 6.83. The molecule has 1 heterocycles. The molecular weight excluding hydrogens is 336 g/mol. The predicted octanol–water partition coefficient (Wildman–Crippen LogP) is 2.74. The third-order valence-electron chi connectivity index (χ3n) is 3.38. The smallest absolute Gasteiger partial charge is 0.231 e. The Morgan fingerprint density at radius 2 is 1.28 bits per heavy atom. The van der Waals surface area contributed by atoms with Crippen LogP contribution in [0.4, 0.5) is 0 Å². The van der Waals surface area contributed by atoms with E-state index >= 15 is 0 Å². The van der Waals surface area contributed by atoms with Gasteiger partial charge in [-0.15, -0.1) is 0 Å². The number of nitrogens with zero attached hydrogens (tertiary/aromatic N) is 4. The van der Waals surface area contributed by atoms with Gasteiger partial charge in [-0.3, -0.25) is 9.59 Å². The van der Waals surface area contributed by atoms with Gasteiger partial charge in [0.25, 0.3) is 0 Å². The first-order chi connectivity index (χ1) is 12.1. The highest BCUT2D eigenvalue weighted by Crippen LogP contribution is 2.15. The molecule has 25 heavy (non-hydrogen) atoms. The van der Waals surface area contributed by atoms with Crippen LogP contribution in [0.15, 0.2) is 48.5 Å². The Bertz CT molecular complexity index is 954. The SMILES string of the molecule is N#Cc1ccc(C(=O)c2nsc(C(=O)c3ccc(C#N)cc3)n2)cc1. The summed E-state index contributed by atoms with van der Waals surface area (Å²) in [5.41, 5.74) is 1.60. The van der Waals surface area contributed by atoms with Gasteiger partial charge in [-0.05, 0) is 60.1 Å². The molecule has 6 nitrogen and oxygen atoms in total. The zero-order valence-electron chi connectivity index (χ0n) is 12.6. The zero-order chi connectivity index (χ0) is 17.8. The molecule has 0 amide bonds. The average Bonchev–Trinajstić information content (AvgIpc) is 3.17. The number of carbonyl (C=O) groups excluding carboxylic acids is 2. The molecule has 0 unspecified atom stereocenters. The maximum Gasteiger partial charge on any atom is 0.231 e. The van der Waals surface area contributed by atoms with Crippen molar-refractivity contribution in [1.29, 1.82) is 10.5 Å². The van der Waals surface area contributed by atoms with Crippen LogP contribution in [0.5, 0.6) is 0 Å². The van der Waals surface area contributed by atoms with Gasteiger partial charge < -0.3 is 0 Å². The Labute approximate surface area is 146 Å². The molecule has 0 aliphatic carbocycles. The van der Waals surface area contributed by atoms with Crippen LogP contribution in [0, 0.1) is 22.7 Å². The van der Waals surface area contributed by atoms with Crippen LogP contribution < -0.4 is 0 Å². The average molecular weight is 344 g/mol. The van der Waals surface area contributed by atoms with Crippen molar-refractivity contribution in [3.8, 4) is 12.1 Å². The number of nitriles is 2. The van der Waals surface area contributed by atoms with Crippen molar-refractivity contribution in [3.63, 3.8) is 0 Å². The Morgan fingerprint density at radius 1 is 0.800 bits per heavy atom. The first-order valence-electron chi connectivity index (χ1n) is 7.06. The zero-order valence-corrected chi connectivity index (χ0v) is 13.4. The Balaban J connectivity index is 1.83. The molecule has 0 saturated carbocycles. The van der Waals surface area contributed by atoms with Crippen LogP contribution in [0.1, 0.15) is 42.7 Å². The van der Waals surface area contributed by atoms with Gasteiger partial charge in [0.2, 0.25) is 17.4 Å². The van der Waals surface area contributed by atoms with Gasteiger partial charge in [-0.25, -0.2) is 4.98 Å². The summed E-state index contributed by atoms with van der Waals surface area (Å²) in [4.78, 5) is 28.8. The summed E-state index contributed by atoms with van der Waals surface area (Å²) < 4.78 is 3.96. The summed E-state index contributed by atoms with van der Waals surface area (Å²) in [5, 5.41) is 17.7. The number of hydrogen-bond donors (Lipinski definition) is 0. The fourth-order valence-electron chi connectivity index (χ4n) is 2.05. The number of aromatic nitrogens is 2. The van der Waals surface area contributed by atoms with Crippen LogP contribution in [-0.2, 0) is 0 Å². The summed E-state index contributed by atoms with van der Waals surface area (Å²) >= 11 is 0.844. The molecule has 0 aliphatic rings. The van der Waals surface area contributed by atoms with Crippen LogP contribution >= 0.6 is 11.5 Å². The van der Waals surface area contributed by atoms with Crippen LogP contribution in [-0.4, -0.2) is 20.9 Å². The quantitative estimate of drug-likeness (QED) is 0.673. The molecule has 0 spiro atoms. The minimum atomic E-state index is -0.417. The molecule has 3 rings (SSSR count). The topological polar surface area (TPSA) is 107 Å². The van der Waals surface area contributed by atoms with E-state index in [2.05, 4.69) is 9.36 Å². The van der Waals surface area contributed by atoms with Gasteiger partial charge in [0.1, 0.15) is 0 Å². The van der Waals surface area contributed by atoms with Crippen LogP contribution in [0.25, 0.3) is 0 Å². The van der Waals surface area contributed by atoms with Gasteiger partial charge in [0.05, 0.1) is 23.3 Å². The third kappa shape index (κ3) is 3.32. The maximum atomic E-state index is 12.4. The Morgan fingerprint density at radius 3 is 1.76 bits per heavy atom. The van der Waals surface area contributed by atoms with Crippen molar-refractivity contribution in [3.05, 3.63) is 81.6 Å². The Kier molecular flexibility index (Phi) is 4.42. The number of ketones is 2. The van der Waals surface area contributed by atoms with Gasteiger partial charge in [-0.1, -0.05) is 0 Å². The number of rotatable bonds is 4. The van der Waals surface area contributed by atoms with Gasteiger partial charge in [0.15, 0.2) is 5.01 Å². The van der Waals surface area contributed by atoms with E-state index in [4.69, 9.17) is 10.5 Å². The van der Waals surface area contributed by atoms with Crippen molar-refractivity contribution >= 4 is 23.1 Å². The molecule has 0 atom stereocenters. The summed E-state index contributed by atoms with van der Waals surface area (Å²) in [5.74, 6) is -0.841. The predicted molar refractivity (Wildman–Crippen MR) is 89.1 cm³/mol. The van der Waals surface area contributed by atoms with E-state index in [1.165, 1.54) is 48.5 Å². The first kappa shape index (κ1) is 16.2. The molecule has 1 aromatic heterocycles. The highest BCUT2D eigenvalue weighted by Gasteiger charge is 2.19. The van der Waals surface area contributed by atoms with E-state index in [1.807, 2.05) is 12.1 Å². The summed E-state index contributed by atoms with van der Waals surface area (Å²) in [7, 11) is 0. The number of benzene rings is 2. The molecule has 0 N–H and O–H groups in total. The molecule has 0 fully saturated rings. The fourth-order valence-corrected chi connectivity index (χ4v) is 2.68. The van der Waals surface area contributed by atoms with E-state index in [-0.39, 0.29) is 16.6 Å². The minimum absolute atomic E-state index is 0.0632. The molecule has 0 saturated heterocycles. The maximum absolute atomic E-state index is 12.4. The molecule has 2 aromatic carbocycles. The summed E-state index contributed by atoms with van der Waals surface area (Å²) in [6, 6.07) is 16.2. The van der Waals surface area contributed by atoms with Gasteiger partial charge in [-0.2, -0.15) is 14.9 Å². The molecule has 0 bridgehead atoms. The standard InChI is InChI=1S/C18H8N4O2S/c19-9-11-1-5-13(6-2-11)15(23)17-21-18(25-22-17)16(24)14-7-3-12(10-20)4-8-14/h1-8H. The number of carbonyl (C=O) groups is 2. The highest BCUT2D eigenvalue weighted by molar-refractivity contribution is 7.08. The molecular formula is C18H8N4O2S. The lowest BCUT2D eigenvalue weighted by Gasteiger charge is -1.97. The van der Waals surface area contributed by atoms with Gasteiger partial charge >= 0.3 is 0 Å². The second-order valence-corrected chi connectivity index (χ2v) is 5.71. The van der Waals surface area contributed by atoms with E-state index in [1.54, 1.807) is 0 Å². The normalized spacial score (nSPS) is 9.84. The van der Waals surface area contributed by atoms with Crippen molar-refractivity contribution in [2.24, 2.45) is 0 Å². The first-order valence-corrected chi connectivity index (χ1v) is 7.83. The molecule has 0 radical (unpaired) electrons. The molecule has 118 valence electrons. The summed E-state index contributed by atoms with van der Waals surface area (Å²) in [6.45, 7) is 0. The molecule has 3 aromatic rings. The van der Waals surface area contributed by atoms with Crippen molar-refractivity contribution in [1.82, 2.24) is 9.36 Å². The Hall–Kier alpha value is -3.68. The fraction of sp³-hybridized carbons (Fsp3) is 0. The number of hydrogen-bond acceptors (Lipinski definition) is 7. The third-order valence-corrected chi connectivity index (χ3v) is 4.09. The lowest BCUT2D eigenvalue weighted by Crippen LogP contribution is -2.06.